The molecule has 0 aliphatic carbocycles. The number of methoxy groups -OCH3 is 1. The van der Waals surface area contributed by atoms with Gasteiger partial charge in [-0.05, 0) is 23.8 Å². The van der Waals surface area contributed by atoms with Gasteiger partial charge in [-0.2, -0.15) is 0 Å². The summed E-state index contributed by atoms with van der Waals surface area (Å²) in [5.41, 5.74) is -0.828. The first-order chi connectivity index (χ1) is 11.7. The van der Waals surface area contributed by atoms with Crippen LogP contribution in [0.1, 0.15) is 5.56 Å². The molecule has 0 bridgehead atoms. The van der Waals surface area contributed by atoms with E-state index in [0.29, 0.717) is 17.4 Å². The highest BCUT2D eigenvalue weighted by Gasteiger charge is 2.28. The van der Waals surface area contributed by atoms with E-state index in [1.54, 1.807) is 24.3 Å². The van der Waals surface area contributed by atoms with Gasteiger partial charge in [-0.25, -0.2) is 13.1 Å². The molecule has 0 aliphatic heterocycles. The molecule has 132 valence electrons. The van der Waals surface area contributed by atoms with Crippen LogP contribution in [0.3, 0.4) is 0 Å². The van der Waals surface area contributed by atoms with Gasteiger partial charge < -0.3 is 4.74 Å². The molecule has 0 atom stereocenters. The molecule has 0 spiro atoms. The van der Waals surface area contributed by atoms with E-state index in [0.717, 1.165) is 12.1 Å². The maximum atomic E-state index is 12.3. The van der Waals surface area contributed by atoms with Crippen LogP contribution in [0.4, 0.5) is 11.4 Å². The van der Waals surface area contributed by atoms with Crippen LogP contribution in [0.5, 0.6) is 5.75 Å². The van der Waals surface area contributed by atoms with Crippen LogP contribution < -0.4 is 9.46 Å². The summed E-state index contributed by atoms with van der Waals surface area (Å²) in [4.78, 5) is 19.3. The zero-order valence-corrected chi connectivity index (χ0v) is 13.7. The summed E-state index contributed by atoms with van der Waals surface area (Å²) in [6, 6.07) is 8.89. The second kappa shape index (κ2) is 7.23. The summed E-state index contributed by atoms with van der Waals surface area (Å²) in [5, 5.41) is 21.8. The van der Waals surface area contributed by atoms with E-state index in [1.807, 2.05) is 0 Å². The van der Waals surface area contributed by atoms with Crippen molar-refractivity contribution < 1.29 is 23.0 Å². The number of hydrogen-bond acceptors (Lipinski definition) is 7. The Hall–Kier alpha value is -3.05. The van der Waals surface area contributed by atoms with Crippen LogP contribution in [0.25, 0.3) is 0 Å². The largest absolute Gasteiger partial charge is 0.497 e. The highest BCUT2D eigenvalue weighted by Crippen LogP contribution is 2.28. The molecule has 25 heavy (non-hydrogen) atoms. The second-order valence-corrected chi connectivity index (χ2v) is 6.57. The lowest BCUT2D eigenvalue weighted by Crippen LogP contribution is -2.24. The highest BCUT2D eigenvalue weighted by atomic mass is 32.2. The smallest absolute Gasteiger partial charge is 0.296 e. The van der Waals surface area contributed by atoms with Crippen molar-refractivity contribution in [3.63, 3.8) is 0 Å². The van der Waals surface area contributed by atoms with Crippen molar-refractivity contribution in [2.24, 2.45) is 0 Å². The molecule has 0 saturated carbocycles. The van der Waals surface area contributed by atoms with Crippen LogP contribution in [0.15, 0.2) is 47.4 Å². The monoisotopic (exact) mass is 367 g/mol. The third-order valence-corrected chi connectivity index (χ3v) is 4.71. The Labute approximate surface area is 142 Å². The number of non-ortho nitro benzene ring substituents is 1. The third-order valence-electron chi connectivity index (χ3n) is 3.26. The van der Waals surface area contributed by atoms with Crippen LogP contribution in [-0.2, 0) is 16.6 Å². The molecule has 0 radical (unpaired) electrons. The Kier molecular flexibility index (Phi) is 5.29. The van der Waals surface area contributed by atoms with Gasteiger partial charge in [-0.1, -0.05) is 12.1 Å². The number of ether oxygens (including phenoxy) is 1. The van der Waals surface area contributed by atoms with E-state index >= 15 is 0 Å². The standard InChI is InChI=1S/C14H13N3O7S/c1-24-12-5-2-10(3-6-12)9-15-25(22,23)14-7-4-11(16(18)19)8-13(14)17(20)21/h2-8,15H,9H2,1H3. The Morgan fingerprint density at radius 3 is 2.20 bits per heavy atom. The molecule has 2 aromatic rings. The van der Waals surface area contributed by atoms with Gasteiger partial charge >= 0.3 is 0 Å². The van der Waals surface area contributed by atoms with Gasteiger partial charge in [0.15, 0.2) is 4.90 Å². The fourth-order valence-corrected chi connectivity index (χ4v) is 3.16. The van der Waals surface area contributed by atoms with Gasteiger partial charge in [0.2, 0.25) is 10.0 Å². The molecule has 0 amide bonds. The molecule has 2 rings (SSSR count). The van der Waals surface area contributed by atoms with E-state index in [2.05, 4.69) is 4.72 Å². The molecular weight excluding hydrogens is 354 g/mol. The molecule has 0 unspecified atom stereocenters. The lowest BCUT2D eigenvalue weighted by Gasteiger charge is -2.08. The van der Waals surface area contributed by atoms with Crippen molar-refractivity contribution >= 4 is 21.4 Å². The average molecular weight is 367 g/mol. The predicted molar refractivity (Wildman–Crippen MR) is 86.8 cm³/mol. The quantitative estimate of drug-likeness (QED) is 0.582. The molecule has 0 aromatic heterocycles. The van der Waals surface area contributed by atoms with E-state index in [4.69, 9.17) is 4.74 Å². The number of nitrogens with one attached hydrogen (secondary N) is 1. The van der Waals surface area contributed by atoms with Crippen LogP contribution >= 0.6 is 0 Å². The van der Waals surface area contributed by atoms with E-state index in [-0.39, 0.29) is 6.54 Å². The molecule has 10 nitrogen and oxygen atoms in total. The molecule has 2 aromatic carbocycles. The third kappa shape index (κ3) is 4.28. The van der Waals surface area contributed by atoms with Gasteiger partial charge in [-0.15, -0.1) is 0 Å². The van der Waals surface area contributed by atoms with Crippen molar-refractivity contribution in [3.05, 3.63) is 68.3 Å². The van der Waals surface area contributed by atoms with E-state index < -0.39 is 36.1 Å². The van der Waals surface area contributed by atoms with Crippen molar-refractivity contribution in [1.29, 1.82) is 0 Å². The summed E-state index contributed by atoms with van der Waals surface area (Å²) in [6.07, 6.45) is 0. The zero-order valence-electron chi connectivity index (χ0n) is 12.9. The molecule has 1 N–H and O–H groups in total. The van der Waals surface area contributed by atoms with E-state index in [1.165, 1.54) is 7.11 Å². The van der Waals surface area contributed by atoms with Crippen molar-refractivity contribution in [2.45, 2.75) is 11.4 Å². The lowest BCUT2D eigenvalue weighted by molar-refractivity contribution is -0.396. The Morgan fingerprint density at radius 1 is 1.04 bits per heavy atom. The second-order valence-electron chi connectivity index (χ2n) is 4.84. The summed E-state index contributed by atoms with van der Waals surface area (Å²) in [7, 11) is -2.75. The first-order valence-electron chi connectivity index (χ1n) is 6.80. The maximum Gasteiger partial charge on any atom is 0.296 e. The number of nitro groups is 2. The van der Waals surface area contributed by atoms with Crippen LogP contribution in [0.2, 0.25) is 0 Å². The molecule has 0 aliphatic rings. The summed E-state index contributed by atoms with van der Waals surface area (Å²) >= 11 is 0. The van der Waals surface area contributed by atoms with Crippen molar-refractivity contribution in [2.75, 3.05) is 7.11 Å². The topological polar surface area (TPSA) is 142 Å². The minimum Gasteiger partial charge on any atom is -0.497 e. The highest BCUT2D eigenvalue weighted by molar-refractivity contribution is 7.89. The maximum absolute atomic E-state index is 12.3. The molecule has 0 heterocycles. The summed E-state index contributed by atoms with van der Waals surface area (Å²) in [6.45, 7) is -0.111. The summed E-state index contributed by atoms with van der Waals surface area (Å²) in [5.74, 6) is 0.595. The van der Waals surface area contributed by atoms with Gasteiger partial charge in [0, 0.05) is 12.6 Å². The minimum absolute atomic E-state index is 0.111. The van der Waals surface area contributed by atoms with Gasteiger partial charge in [0.25, 0.3) is 11.4 Å². The number of rotatable bonds is 7. The molecule has 11 heteroatoms. The van der Waals surface area contributed by atoms with Gasteiger partial charge in [0.05, 0.1) is 23.0 Å². The van der Waals surface area contributed by atoms with Crippen molar-refractivity contribution in [1.82, 2.24) is 4.72 Å². The SMILES string of the molecule is COc1ccc(CNS(=O)(=O)c2ccc([N+](=O)[O-])cc2[N+](=O)[O-])cc1. The number of nitro benzene ring substituents is 2. The van der Waals surface area contributed by atoms with Gasteiger partial charge in [0.1, 0.15) is 5.75 Å². The minimum atomic E-state index is -4.24. The number of benzene rings is 2. The van der Waals surface area contributed by atoms with Crippen molar-refractivity contribution in [3.8, 4) is 5.75 Å². The normalized spacial score (nSPS) is 11.1. The first kappa shape index (κ1) is 18.3. The summed E-state index contributed by atoms with van der Waals surface area (Å²) < 4.78 is 31.9. The molecule has 0 saturated heterocycles. The predicted octanol–water partition coefficient (Wildman–Crippen LogP) is 1.99. The number of sulfonamides is 1. The number of nitrogens with zero attached hydrogens (tertiary/aromatic N) is 2. The first-order valence-corrected chi connectivity index (χ1v) is 8.28. The Balaban J connectivity index is 2.28. The van der Waals surface area contributed by atoms with Crippen LogP contribution in [-0.4, -0.2) is 25.4 Å². The fourth-order valence-electron chi connectivity index (χ4n) is 1.99. The number of hydrogen-bond donors (Lipinski definition) is 1. The van der Waals surface area contributed by atoms with Crippen LogP contribution in [0, 0.1) is 20.2 Å². The fraction of sp³-hybridized carbons (Fsp3) is 0.143. The van der Waals surface area contributed by atoms with E-state index in [9.17, 15) is 28.6 Å². The average Bonchev–Trinajstić information content (AvgIpc) is 2.59. The Morgan fingerprint density at radius 2 is 1.68 bits per heavy atom. The van der Waals surface area contributed by atoms with Gasteiger partial charge in [-0.3, -0.25) is 20.2 Å². The lowest BCUT2D eigenvalue weighted by atomic mass is 10.2. The zero-order chi connectivity index (χ0) is 18.6. The Bertz CT molecular complexity index is 911. The molecule has 0 fully saturated rings. The molecular formula is C14H13N3O7S.